The van der Waals surface area contributed by atoms with E-state index < -0.39 is 0 Å². The van der Waals surface area contributed by atoms with Crippen LogP contribution in [0.15, 0.2) is 48.5 Å². The van der Waals surface area contributed by atoms with Crippen molar-refractivity contribution in [3.05, 3.63) is 70.8 Å². The lowest BCUT2D eigenvalue weighted by Gasteiger charge is -2.25. The van der Waals surface area contributed by atoms with E-state index in [0.717, 1.165) is 19.3 Å². The Morgan fingerprint density at radius 3 is 2.64 bits per heavy atom. The van der Waals surface area contributed by atoms with Gasteiger partial charge in [0.2, 0.25) is 5.91 Å². The molecule has 0 heterocycles. The fourth-order valence-corrected chi connectivity index (χ4v) is 3.29. The van der Waals surface area contributed by atoms with Gasteiger partial charge in [-0.3, -0.25) is 4.79 Å². The van der Waals surface area contributed by atoms with Gasteiger partial charge in [0, 0.05) is 13.5 Å². The molecule has 0 saturated heterocycles. The number of amides is 1. The van der Waals surface area contributed by atoms with Crippen molar-refractivity contribution in [1.29, 1.82) is 0 Å². The molecule has 1 unspecified atom stereocenters. The van der Waals surface area contributed by atoms with E-state index in [0.29, 0.717) is 6.42 Å². The highest BCUT2D eigenvalue weighted by Gasteiger charge is 2.27. The predicted octanol–water partition coefficient (Wildman–Crippen LogP) is 4.07. The van der Waals surface area contributed by atoms with Crippen LogP contribution >= 0.6 is 0 Å². The predicted molar refractivity (Wildman–Crippen MR) is 89.8 cm³/mol. The van der Waals surface area contributed by atoms with Crippen LogP contribution in [0.1, 0.15) is 41.1 Å². The van der Waals surface area contributed by atoms with Crippen molar-refractivity contribution in [3.8, 4) is 0 Å². The first-order valence-electron chi connectivity index (χ1n) is 8.04. The quantitative estimate of drug-likeness (QED) is 0.832. The van der Waals surface area contributed by atoms with Crippen molar-refractivity contribution in [2.24, 2.45) is 0 Å². The van der Waals surface area contributed by atoms with Gasteiger partial charge in [-0.25, -0.2) is 0 Å². The van der Waals surface area contributed by atoms with E-state index in [2.05, 4.69) is 55.5 Å². The van der Waals surface area contributed by atoms with Gasteiger partial charge in [-0.1, -0.05) is 54.1 Å². The molecule has 2 aromatic carbocycles. The van der Waals surface area contributed by atoms with Gasteiger partial charge >= 0.3 is 0 Å². The van der Waals surface area contributed by atoms with Crippen LogP contribution in [-0.2, 0) is 17.6 Å². The lowest BCUT2D eigenvalue weighted by Crippen LogP contribution is -2.30. The van der Waals surface area contributed by atoms with Crippen LogP contribution < -0.4 is 0 Å². The van der Waals surface area contributed by atoms with Crippen LogP contribution in [0.25, 0.3) is 0 Å². The van der Waals surface area contributed by atoms with Crippen molar-refractivity contribution in [2.75, 3.05) is 7.05 Å². The summed E-state index contributed by atoms with van der Waals surface area (Å²) < 4.78 is 0. The Morgan fingerprint density at radius 2 is 1.86 bits per heavy atom. The first-order valence-corrected chi connectivity index (χ1v) is 8.04. The first-order chi connectivity index (χ1) is 10.6. The van der Waals surface area contributed by atoms with E-state index in [-0.39, 0.29) is 11.9 Å². The SMILES string of the molecule is Cc1ccc(CCC(=O)N(C)C2CCc3ccccc32)cc1. The minimum atomic E-state index is 0.238. The number of carbonyl (C=O) groups is 1. The minimum absolute atomic E-state index is 0.238. The van der Waals surface area contributed by atoms with E-state index in [1.807, 2.05) is 11.9 Å². The lowest BCUT2D eigenvalue weighted by molar-refractivity contribution is -0.132. The van der Waals surface area contributed by atoms with E-state index in [4.69, 9.17) is 0 Å². The molecule has 1 aliphatic rings. The molecule has 1 amide bonds. The minimum Gasteiger partial charge on any atom is -0.339 e. The Labute approximate surface area is 132 Å². The third-order valence-electron chi connectivity index (χ3n) is 4.71. The molecule has 2 nitrogen and oxygen atoms in total. The van der Waals surface area contributed by atoms with Crippen molar-refractivity contribution >= 4 is 5.91 Å². The van der Waals surface area contributed by atoms with Crippen LogP contribution in [0.3, 0.4) is 0 Å². The number of carbonyl (C=O) groups excluding carboxylic acids is 1. The molecular weight excluding hydrogens is 270 g/mol. The summed E-state index contributed by atoms with van der Waals surface area (Å²) in [5.41, 5.74) is 5.22. The number of hydrogen-bond acceptors (Lipinski definition) is 1. The Bertz CT molecular complexity index is 660. The molecule has 2 heteroatoms. The highest BCUT2D eigenvalue weighted by Crippen LogP contribution is 2.35. The topological polar surface area (TPSA) is 20.3 Å². The standard InChI is InChI=1S/C20H23NO/c1-15-7-9-16(10-8-15)11-14-20(22)21(2)19-13-12-17-5-3-4-6-18(17)19/h3-10,19H,11-14H2,1-2H3. The number of nitrogens with zero attached hydrogens (tertiary/aromatic N) is 1. The highest BCUT2D eigenvalue weighted by atomic mass is 16.2. The summed E-state index contributed by atoms with van der Waals surface area (Å²) in [4.78, 5) is 14.5. The molecule has 114 valence electrons. The zero-order valence-electron chi connectivity index (χ0n) is 13.4. The molecule has 1 atom stereocenters. The molecule has 22 heavy (non-hydrogen) atoms. The fourth-order valence-electron chi connectivity index (χ4n) is 3.29. The van der Waals surface area contributed by atoms with Crippen LogP contribution in [0.5, 0.6) is 0 Å². The summed E-state index contributed by atoms with van der Waals surface area (Å²) in [6.45, 7) is 2.08. The summed E-state index contributed by atoms with van der Waals surface area (Å²) in [6.07, 6.45) is 3.53. The zero-order valence-corrected chi connectivity index (χ0v) is 13.4. The second-order valence-corrected chi connectivity index (χ2v) is 6.24. The Hall–Kier alpha value is -2.09. The van der Waals surface area contributed by atoms with Crippen molar-refractivity contribution in [2.45, 2.75) is 38.6 Å². The average molecular weight is 293 g/mol. The summed E-state index contributed by atoms with van der Waals surface area (Å²) in [6, 6.07) is 17.2. The Morgan fingerprint density at radius 1 is 1.14 bits per heavy atom. The number of fused-ring (bicyclic) bond motifs is 1. The maximum Gasteiger partial charge on any atom is 0.223 e. The fraction of sp³-hybridized carbons (Fsp3) is 0.350. The molecule has 1 aliphatic carbocycles. The summed E-state index contributed by atoms with van der Waals surface area (Å²) >= 11 is 0. The van der Waals surface area contributed by atoms with Gasteiger partial charge < -0.3 is 4.90 Å². The Balaban J connectivity index is 1.62. The molecule has 0 fully saturated rings. The van der Waals surface area contributed by atoms with Gasteiger partial charge in [-0.15, -0.1) is 0 Å². The molecule has 0 aliphatic heterocycles. The molecule has 0 saturated carbocycles. The molecule has 0 bridgehead atoms. The van der Waals surface area contributed by atoms with Gasteiger partial charge in [0.15, 0.2) is 0 Å². The van der Waals surface area contributed by atoms with Crippen LogP contribution in [0.2, 0.25) is 0 Å². The smallest absolute Gasteiger partial charge is 0.223 e. The van der Waals surface area contributed by atoms with Gasteiger partial charge in [0.05, 0.1) is 6.04 Å². The monoisotopic (exact) mass is 293 g/mol. The van der Waals surface area contributed by atoms with Crippen LogP contribution in [-0.4, -0.2) is 17.9 Å². The van der Waals surface area contributed by atoms with Crippen molar-refractivity contribution in [3.63, 3.8) is 0 Å². The molecule has 0 radical (unpaired) electrons. The van der Waals surface area contributed by atoms with Gasteiger partial charge in [0.25, 0.3) is 0 Å². The lowest BCUT2D eigenvalue weighted by atomic mass is 10.1. The first kappa shape index (κ1) is 14.8. The summed E-state index contributed by atoms with van der Waals surface area (Å²) in [5, 5.41) is 0. The molecule has 0 aromatic heterocycles. The second kappa shape index (κ2) is 6.35. The van der Waals surface area contributed by atoms with Crippen LogP contribution in [0, 0.1) is 6.92 Å². The number of hydrogen-bond donors (Lipinski definition) is 0. The highest BCUT2D eigenvalue weighted by molar-refractivity contribution is 5.77. The third-order valence-corrected chi connectivity index (χ3v) is 4.71. The van der Waals surface area contributed by atoms with Crippen molar-refractivity contribution in [1.82, 2.24) is 4.90 Å². The summed E-state index contributed by atoms with van der Waals surface area (Å²) in [5.74, 6) is 0.238. The zero-order chi connectivity index (χ0) is 15.5. The maximum absolute atomic E-state index is 12.5. The average Bonchev–Trinajstić information content (AvgIpc) is 2.97. The van der Waals surface area contributed by atoms with Crippen LogP contribution in [0.4, 0.5) is 0 Å². The molecule has 2 aromatic rings. The van der Waals surface area contributed by atoms with E-state index in [1.165, 1.54) is 22.3 Å². The number of rotatable bonds is 4. The number of benzene rings is 2. The molecule has 3 rings (SSSR count). The third kappa shape index (κ3) is 3.06. The van der Waals surface area contributed by atoms with Crippen molar-refractivity contribution < 1.29 is 4.79 Å². The normalized spacial score (nSPS) is 16.4. The summed E-state index contributed by atoms with van der Waals surface area (Å²) in [7, 11) is 1.95. The van der Waals surface area contributed by atoms with Gasteiger partial charge in [0.1, 0.15) is 0 Å². The number of aryl methyl sites for hydroxylation is 3. The maximum atomic E-state index is 12.5. The molecular formula is C20H23NO. The van der Waals surface area contributed by atoms with Gasteiger partial charge in [-0.05, 0) is 42.9 Å². The van der Waals surface area contributed by atoms with E-state index in [1.54, 1.807) is 0 Å². The van der Waals surface area contributed by atoms with E-state index >= 15 is 0 Å². The Kier molecular flexibility index (Phi) is 4.28. The molecule has 0 spiro atoms. The van der Waals surface area contributed by atoms with E-state index in [9.17, 15) is 4.79 Å². The molecule has 0 N–H and O–H groups in total. The second-order valence-electron chi connectivity index (χ2n) is 6.24. The largest absolute Gasteiger partial charge is 0.339 e. The van der Waals surface area contributed by atoms with Gasteiger partial charge in [-0.2, -0.15) is 0 Å².